The van der Waals surface area contributed by atoms with E-state index in [0.717, 1.165) is 57.0 Å². The van der Waals surface area contributed by atoms with E-state index in [-0.39, 0.29) is 23.3 Å². The lowest BCUT2D eigenvalue weighted by molar-refractivity contribution is -0.127. The lowest BCUT2D eigenvalue weighted by Crippen LogP contribution is -2.44. The zero-order valence-corrected chi connectivity index (χ0v) is 25.9. The van der Waals surface area contributed by atoms with Gasteiger partial charge in [0.1, 0.15) is 5.75 Å². The third-order valence-corrected chi connectivity index (χ3v) is 9.45. The van der Waals surface area contributed by atoms with Crippen LogP contribution in [-0.2, 0) is 16.8 Å². The number of hydrogen-bond acceptors (Lipinski definition) is 3. The van der Waals surface area contributed by atoms with Crippen molar-refractivity contribution in [3.8, 4) is 5.75 Å². The Kier molecular flexibility index (Phi) is 11.1. The number of rotatable bonds is 11. The molecule has 1 heterocycles. The van der Waals surface area contributed by atoms with Crippen LogP contribution in [-0.4, -0.2) is 31.0 Å². The molecule has 0 spiro atoms. The third-order valence-electron chi connectivity index (χ3n) is 9.45. The quantitative estimate of drug-likeness (QED) is 0.288. The highest BCUT2D eigenvalue weighted by Crippen LogP contribution is 2.35. The van der Waals surface area contributed by atoms with Crippen LogP contribution in [0.2, 0.25) is 0 Å². The van der Waals surface area contributed by atoms with E-state index in [0.29, 0.717) is 5.92 Å². The number of nitrogens with one attached hydrogen (secondary N) is 1. The van der Waals surface area contributed by atoms with Gasteiger partial charge in [0.25, 0.3) is 0 Å². The van der Waals surface area contributed by atoms with Gasteiger partial charge in [0.2, 0.25) is 5.91 Å². The highest BCUT2D eigenvalue weighted by Gasteiger charge is 2.33. The summed E-state index contributed by atoms with van der Waals surface area (Å²) < 4.78 is 5.35. The summed E-state index contributed by atoms with van der Waals surface area (Å²) >= 11 is 0. The van der Waals surface area contributed by atoms with Gasteiger partial charge >= 0.3 is 0 Å². The van der Waals surface area contributed by atoms with E-state index < -0.39 is 0 Å². The number of ether oxygens (including phenoxy) is 1. The molecular weight excluding hydrogens is 492 g/mol. The van der Waals surface area contributed by atoms with Gasteiger partial charge in [0.15, 0.2) is 0 Å². The Balaban J connectivity index is 1.45. The van der Waals surface area contributed by atoms with Crippen molar-refractivity contribution in [1.82, 2.24) is 10.2 Å². The molecule has 2 aromatic rings. The SMILES string of the molecule is CCCCC[C@H]1CC[C@H](C(=O)NC(c2ccc(C(C)(C)C)cc2)C2CCCN(Cc3ccc(OC)cc3)C2)CC1. The topological polar surface area (TPSA) is 41.6 Å². The van der Waals surface area contributed by atoms with Crippen LogP contribution in [0.3, 0.4) is 0 Å². The monoisotopic (exact) mass is 546 g/mol. The van der Waals surface area contributed by atoms with Gasteiger partial charge < -0.3 is 10.1 Å². The minimum atomic E-state index is 0.0578. The average Bonchev–Trinajstić information content (AvgIpc) is 2.96. The van der Waals surface area contributed by atoms with Crippen LogP contribution in [0, 0.1) is 17.8 Å². The Morgan fingerprint density at radius 2 is 1.68 bits per heavy atom. The van der Waals surface area contributed by atoms with E-state index in [1.54, 1.807) is 7.11 Å². The summed E-state index contributed by atoms with van der Waals surface area (Å²) in [7, 11) is 1.71. The molecule has 1 aliphatic carbocycles. The van der Waals surface area contributed by atoms with Crippen LogP contribution in [0.1, 0.15) is 115 Å². The highest BCUT2D eigenvalue weighted by atomic mass is 16.5. The Bertz CT molecular complexity index is 1030. The van der Waals surface area contributed by atoms with Crippen LogP contribution in [0.5, 0.6) is 5.75 Å². The van der Waals surface area contributed by atoms with Crippen LogP contribution in [0.4, 0.5) is 0 Å². The fraction of sp³-hybridized carbons (Fsp3) is 0.639. The number of methoxy groups -OCH3 is 1. The molecule has 0 radical (unpaired) electrons. The zero-order valence-electron chi connectivity index (χ0n) is 25.9. The van der Waals surface area contributed by atoms with Crippen molar-refractivity contribution >= 4 is 5.91 Å². The molecule has 1 aliphatic heterocycles. The van der Waals surface area contributed by atoms with Gasteiger partial charge in [-0.25, -0.2) is 0 Å². The number of likely N-dealkylation sites (tertiary alicyclic amines) is 1. The molecule has 2 fully saturated rings. The maximum atomic E-state index is 13.7. The normalized spacial score (nSPS) is 23.0. The first-order chi connectivity index (χ1) is 19.3. The summed E-state index contributed by atoms with van der Waals surface area (Å²) in [5.74, 6) is 2.57. The maximum Gasteiger partial charge on any atom is 0.223 e. The molecule has 1 amide bonds. The van der Waals surface area contributed by atoms with Gasteiger partial charge in [-0.3, -0.25) is 9.69 Å². The standard InChI is InChI=1S/C36H54N2O2/c1-6-7-8-10-27-12-16-30(17-13-27)35(39)37-34(29-18-20-32(21-19-29)36(2,3)4)31-11-9-24-38(26-31)25-28-14-22-33(40-5)23-15-28/h14-15,18-23,27,30-31,34H,6-13,16-17,24-26H2,1-5H3,(H,37,39)/t27-,30-,31?,34?. The average molecular weight is 547 g/mol. The lowest BCUT2D eigenvalue weighted by atomic mass is 9.78. The van der Waals surface area contributed by atoms with Gasteiger partial charge in [-0.05, 0) is 91.1 Å². The fourth-order valence-electron chi connectivity index (χ4n) is 6.83. The van der Waals surface area contributed by atoms with Crippen molar-refractivity contribution in [3.05, 3.63) is 65.2 Å². The first-order valence-corrected chi connectivity index (χ1v) is 16.0. The van der Waals surface area contributed by atoms with E-state index in [9.17, 15) is 4.79 Å². The number of benzene rings is 2. The third kappa shape index (κ3) is 8.59. The second kappa shape index (κ2) is 14.5. The van der Waals surface area contributed by atoms with Crippen molar-refractivity contribution in [2.24, 2.45) is 17.8 Å². The van der Waals surface area contributed by atoms with Crippen LogP contribution >= 0.6 is 0 Å². The molecule has 1 N–H and O–H groups in total. The molecule has 4 heteroatoms. The second-order valence-corrected chi connectivity index (χ2v) is 13.6. The molecule has 4 rings (SSSR count). The van der Waals surface area contributed by atoms with Crippen molar-refractivity contribution < 1.29 is 9.53 Å². The van der Waals surface area contributed by atoms with Gasteiger partial charge in [0.05, 0.1) is 13.2 Å². The smallest absolute Gasteiger partial charge is 0.223 e. The molecular formula is C36H54N2O2. The predicted molar refractivity (Wildman–Crippen MR) is 167 cm³/mol. The summed E-state index contributed by atoms with van der Waals surface area (Å²) in [6, 6.07) is 17.6. The van der Waals surface area contributed by atoms with E-state index in [1.807, 2.05) is 0 Å². The molecule has 40 heavy (non-hydrogen) atoms. The lowest BCUT2D eigenvalue weighted by Gasteiger charge is -2.38. The predicted octanol–water partition coefficient (Wildman–Crippen LogP) is 8.45. The Hall–Kier alpha value is -2.33. The highest BCUT2D eigenvalue weighted by molar-refractivity contribution is 5.79. The summed E-state index contributed by atoms with van der Waals surface area (Å²) in [5, 5.41) is 3.62. The molecule has 220 valence electrons. The molecule has 2 aliphatic rings. The number of carbonyl (C=O) groups excluding carboxylic acids is 1. The first-order valence-electron chi connectivity index (χ1n) is 16.0. The summed E-state index contributed by atoms with van der Waals surface area (Å²) in [5.41, 5.74) is 4.03. The number of nitrogens with zero attached hydrogens (tertiary/aromatic N) is 1. The van der Waals surface area contributed by atoms with Crippen LogP contribution in [0.25, 0.3) is 0 Å². The molecule has 0 aromatic heterocycles. The Labute approximate surface area is 244 Å². The Morgan fingerprint density at radius 1 is 0.975 bits per heavy atom. The van der Waals surface area contributed by atoms with Gasteiger partial charge in [-0.1, -0.05) is 89.8 Å². The first kappa shape index (κ1) is 30.6. The van der Waals surface area contributed by atoms with Gasteiger partial charge in [-0.15, -0.1) is 0 Å². The number of hydrogen-bond donors (Lipinski definition) is 1. The number of unbranched alkanes of at least 4 members (excludes halogenated alkanes) is 2. The second-order valence-electron chi connectivity index (χ2n) is 13.6. The maximum absolute atomic E-state index is 13.7. The molecule has 0 bridgehead atoms. The summed E-state index contributed by atoms with van der Waals surface area (Å²) in [4.78, 5) is 16.3. The summed E-state index contributed by atoms with van der Waals surface area (Å²) in [6.45, 7) is 12.1. The number of amides is 1. The fourth-order valence-corrected chi connectivity index (χ4v) is 6.83. The molecule has 2 unspecified atom stereocenters. The van der Waals surface area contributed by atoms with Crippen LogP contribution in [0.15, 0.2) is 48.5 Å². The van der Waals surface area contributed by atoms with E-state index in [1.165, 1.54) is 55.2 Å². The number of piperidine rings is 1. The van der Waals surface area contributed by atoms with Crippen molar-refractivity contribution in [2.45, 2.75) is 110 Å². The van der Waals surface area contributed by atoms with Crippen molar-refractivity contribution in [1.29, 1.82) is 0 Å². The zero-order chi connectivity index (χ0) is 28.5. The minimum absolute atomic E-state index is 0.0578. The molecule has 2 aromatic carbocycles. The van der Waals surface area contributed by atoms with E-state index >= 15 is 0 Å². The molecule has 1 saturated heterocycles. The summed E-state index contributed by atoms with van der Waals surface area (Å²) in [6.07, 6.45) is 12.2. The number of carbonyl (C=O) groups is 1. The van der Waals surface area contributed by atoms with Crippen LogP contribution < -0.4 is 10.1 Å². The van der Waals surface area contributed by atoms with Crippen molar-refractivity contribution in [2.75, 3.05) is 20.2 Å². The van der Waals surface area contributed by atoms with Crippen molar-refractivity contribution in [3.63, 3.8) is 0 Å². The molecule has 1 saturated carbocycles. The molecule has 2 atom stereocenters. The largest absolute Gasteiger partial charge is 0.497 e. The minimum Gasteiger partial charge on any atom is -0.497 e. The van der Waals surface area contributed by atoms with E-state index in [2.05, 4.69) is 86.4 Å². The molecule has 4 nitrogen and oxygen atoms in total. The Morgan fingerprint density at radius 3 is 2.30 bits per heavy atom. The van der Waals surface area contributed by atoms with Gasteiger partial charge in [-0.2, -0.15) is 0 Å². The van der Waals surface area contributed by atoms with E-state index in [4.69, 9.17) is 4.74 Å². The van der Waals surface area contributed by atoms with Gasteiger partial charge in [0, 0.05) is 19.0 Å².